The minimum Gasteiger partial charge on any atom is -0.379 e. The lowest BCUT2D eigenvalue weighted by Crippen LogP contribution is -2.27. The van der Waals surface area contributed by atoms with Crippen molar-refractivity contribution in [1.82, 2.24) is 0 Å². The molecule has 10 heavy (non-hydrogen) atoms. The lowest BCUT2D eigenvalue weighted by Gasteiger charge is -2.24. The fourth-order valence-corrected chi connectivity index (χ4v) is 1.20. The Bertz CT molecular complexity index is 85.3. The molecule has 1 rings (SSSR count). The zero-order valence-corrected chi connectivity index (χ0v) is 6.80. The lowest BCUT2D eigenvalue weighted by molar-refractivity contribution is -0.0729. The molecule has 0 amide bonds. The highest BCUT2D eigenvalue weighted by Crippen LogP contribution is 2.11. The summed E-state index contributed by atoms with van der Waals surface area (Å²) in [5, 5.41) is 0. The molecule has 0 N–H and O–H groups in total. The molecular weight excluding hydrogens is 128 g/mol. The predicted octanol–water partition coefficient (Wildman–Crippen LogP) is 1.59. The smallest absolute Gasteiger partial charge is 0.0812 e. The van der Waals surface area contributed by atoms with E-state index >= 15 is 0 Å². The molecule has 0 unspecified atom stereocenters. The van der Waals surface area contributed by atoms with Crippen LogP contribution < -0.4 is 0 Å². The molecule has 0 spiro atoms. The van der Waals surface area contributed by atoms with Gasteiger partial charge in [0.15, 0.2) is 0 Å². The minimum atomic E-state index is 0.340. The Morgan fingerprint density at radius 3 is 2.80 bits per heavy atom. The van der Waals surface area contributed by atoms with Crippen LogP contribution in [0.3, 0.4) is 0 Å². The van der Waals surface area contributed by atoms with Gasteiger partial charge in [-0.25, -0.2) is 0 Å². The van der Waals surface area contributed by atoms with Gasteiger partial charge in [0.1, 0.15) is 0 Å². The molecule has 60 valence electrons. The molecule has 0 aromatic heterocycles. The summed E-state index contributed by atoms with van der Waals surface area (Å²) in [6.45, 7) is 5.83. The first kappa shape index (κ1) is 8.02. The van der Waals surface area contributed by atoms with Gasteiger partial charge >= 0.3 is 0 Å². The van der Waals surface area contributed by atoms with Crippen LogP contribution in [0.5, 0.6) is 0 Å². The average Bonchev–Trinajstić information content (AvgIpc) is 1.88. The molecule has 0 saturated carbocycles. The van der Waals surface area contributed by atoms with Gasteiger partial charge < -0.3 is 9.47 Å². The van der Waals surface area contributed by atoms with E-state index in [0.717, 1.165) is 26.1 Å². The Morgan fingerprint density at radius 1 is 1.50 bits per heavy atom. The first-order chi connectivity index (χ1) is 4.79. The maximum absolute atomic E-state index is 5.57. The summed E-state index contributed by atoms with van der Waals surface area (Å²) in [6, 6.07) is 0. The third-order valence-corrected chi connectivity index (χ3v) is 1.58. The molecule has 1 aliphatic rings. The summed E-state index contributed by atoms with van der Waals surface area (Å²) in [5.74, 6) is 0. The zero-order valence-electron chi connectivity index (χ0n) is 6.80. The van der Waals surface area contributed by atoms with E-state index in [4.69, 9.17) is 9.47 Å². The van der Waals surface area contributed by atoms with Crippen LogP contribution >= 0.6 is 0 Å². The maximum Gasteiger partial charge on any atom is 0.0812 e. The van der Waals surface area contributed by atoms with Gasteiger partial charge in [-0.3, -0.25) is 0 Å². The van der Waals surface area contributed by atoms with Crippen LogP contribution in [0, 0.1) is 0 Å². The summed E-state index contributed by atoms with van der Waals surface area (Å²) in [6.07, 6.45) is 3.01. The van der Waals surface area contributed by atoms with Gasteiger partial charge in [-0.2, -0.15) is 0 Å². The minimum absolute atomic E-state index is 0.340. The SMILES string of the molecule is CC(C)O[C@H]1CCCOC1. The lowest BCUT2D eigenvalue weighted by atomic mass is 10.2. The molecule has 2 nitrogen and oxygen atoms in total. The van der Waals surface area contributed by atoms with Crippen molar-refractivity contribution >= 4 is 0 Å². The molecule has 1 fully saturated rings. The predicted molar refractivity (Wildman–Crippen MR) is 40.1 cm³/mol. The van der Waals surface area contributed by atoms with Gasteiger partial charge in [-0.1, -0.05) is 0 Å². The quantitative estimate of drug-likeness (QED) is 0.586. The van der Waals surface area contributed by atoms with E-state index in [1.165, 1.54) is 0 Å². The topological polar surface area (TPSA) is 18.5 Å². The van der Waals surface area contributed by atoms with E-state index in [2.05, 4.69) is 13.8 Å². The molecule has 0 radical (unpaired) electrons. The van der Waals surface area contributed by atoms with Crippen LogP contribution in [-0.2, 0) is 9.47 Å². The third kappa shape index (κ3) is 2.67. The van der Waals surface area contributed by atoms with Crippen molar-refractivity contribution in [3.05, 3.63) is 0 Å². The Hall–Kier alpha value is -0.0800. The van der Waals surface area contributed by atoms with Crippen molar-refractivity contribution in [2.24, 2.45) is 0 Å². The van der Waals surface area contributed by atoms with E-state index in [1.54, 1.807) is 0 Å². The van der Waals surface area contributed by atoms with Gasteiger partial charge in [-0.15, -0.1) is 0 Å². The highest BCUT2D eigenvalue weighted by Gasteiger charge is 2.14. The fourth-order valence-electron chi connectivity index (χ4n) is 1.20. The second-order valence-electron chi connectivity index (χ2n) is 3.02. The molecule has 0 aromatic carbocycles. The molecule has 1 saturated heterocycles. The van der Waals surface area contributed by atoms with Gasteiger partial charge in [0, 0.05) is 6.61 Å². The molecular formula is C8H16O2. The Kier molecular flexibility index (Phi) is 3.16. The molecule has 0 aromatic rings. The third-order valence-electron chi connectivity index (χ3n) is 1.58. The summed E-state index contributed by atoms with van der Waals surface area (Å²) in [7, 11) is 0. The molecule has 0 bridgehead atoms. The van der Waals surface area contributed by atoms with Crippen LogP contribution in [0.2, 0.25) is 0 Å². The average molecular weight is 144 g/mol. The van der Waals surface area contributed by atoms with E-state index < -0.39 is 0 Å². The van der Waals surface area contributed by atoms with Gasteiger partial charge in [0.2, 0.25) is 0 Å². The van der Waals surface area contributed by atoms with Crippen LogP contribution in [0.1, 0.15) is 26.7 Å². The first-order valence-corrected chi connectivity index (χ1v) is 4.02. The van der Waals surface area contributed by atoms with Crippen molar-refractivity contribution in [2.45, 2.75) is 38.9 Å². The first-order valence-electron chi connectivity index (χ1n) is 4.02. The molecule has 2 heteroatoms. The highest BCUT2D eigenvalue weighted by molar-refractivity contribution is 4.62. The largest absolute Gasteiger partial charge is 0.379 e. The van der Waals surface area contributed by atoms with E-state index in [1.807, 2.05) is 0 Å². The Morgan fingerprint density at radius 2 is 2.30 bits per heavy atom. The van der Waals surface area contributed by atoms with Crippen LogP contribution in [0.25, 0.3) is 0 Å². The second kappa shape index (κ2) is 3.94. The summed E-state index contributed by atoms with van der Waals surface area (Å²) in [4.78, 5) is 0. The van der Waals surface area contributed by atoms with Gasteiger partial charge in [0.25, 0.3) is 0 Å². The van der Waals surface area contributed by atoms with Crippen LogP contribution in [0.15, 0.2) is 0 Å². The van der Waals surface area contributed by atoms with E-state index in [9.17, 15) is 0 Å². The summed E-state index contributed by atoms with van der Waals surface area (Å²) in [5.41, 5.74) is 0. The van der Waals surface area contributed by atoms with Crippen molar-refractivity contribution in [2.75, 3.05) is 13.2 Å². The van der Waals surface area contributed by atoms with Crippen molar-refractivity contribution in [3.63, 3.8) is 0 Å². The molecule has 1 atom stereocenters. The van der Waals surface area contributed by atoms with Crippen LogP contribution in [-0.4, -0.2) is 25.4 Å². The second-order valence-corrected chi connectivity index (χ2v) is 3.02. The maximum atomic E-state index is 5.57. The molecule has 1 aliphatic heterocycles. The number of ether oxygens (including phenoxy) is 2. The normalized spacial score (nSPS) is 27.3. The van der Waals surface area contributed by atoms with Gasteiger partial charge in [-0.05, 0) is 26.7 Å². The zero-order chi connectivity index (χ0) is 7.40. The highest BCUT2D eigenvalue weighted by atomic mass is 16.5. The van der Waals surface area contributed by atoms with Crippen molar-refractivity contribution in [3.8, 4) is 0 Å². The van der Waals surface area contributed by atoms with Crippen molar-refractivity contribution < 1.29 is 9.47 Å². The summed E-state index contributed by atoms with van der Waals surface area (Å²) >= 11 is 0. The number of hydrogen-bond donors (Lipinski definition) is 0. The van der Waals surface area contributed by atoms with E-state index in [-0.39, 0.29) is 0 Å². The Labute approximate surface area is 62.5 Å². The standard InChI is InChI=1S/C8H16O2/c1-7(2)10-8-4-3-5-9-6-8/h7-8H,3-6H2,1-2H3/t8-/m0/s1. The van der Waals surface area contributed by atoms with Gasteiger partial charge in [0.05, 0.1) is 18.8 Å². The number of rotatable bonds is 2. The molecule has 0 aliphatic carbocycles. The summed E-state index contributed by atoms with van der Waals surface area (Å²) < 4.78 is 10.8. The Balaban J connectivity index is 2.13. The van der Waals surface area contributed by atoms with E-state index in [0.29, 0.717) is 12.2 Å². The van der Waals surface area contributed by atoms with Crippen molar-refractivity contribution in [1.29, 1.82) is 0 Å². The van der Waals surface area contributed by atoms with Crippen LogP contribution in [0.4, 0.5) is 0 Å². The fraction of sp³-hybridized carbons (Fsp3) is 1.00. The molecule has 1 heterocycles. The number of hydrogen-bond acceptors (Lipinski definition) is 2. The monoisotopic (exact) mass is 144 g/mol.